The number of carbonyl (C=O) groups excluding carboxylic acids is 1. The van der Waals surface area contributed by atoms with Crippen LogP contribution in [0.4, 0.5) is 0 Å². The summed E-state index contributed by atoms with van der Waals surface area (Å²) in [7, 11) is 0. The van der Waals surface area contributed by atoms with Gasteiger partial charge in [0.15, 0.2) is 0 Å². The van der Waals surface area contributed by atoms with Crippen LogP contribution in [-0.2, 0) is 11.3 Å². The zero-order valence-corrected chi connectivity index (χ0v) is 14.6. The fourth-order valence-electron chi connectivity index (χ4n) is 2.97. The van der Waals surface area contributed by atoms with Crippen molar-refractivity contribution in [1.29, 1.82) is 0 Å². The number of fused-ring (bicyclic) bond motifs is 1. The number of hydrogen-bond donors (Lipinski definition) is 1. The maximum atomic E-state index is 11.3. The van der Waals surface area contributed by atoms with Crippen LogP contribution < -0.4 is 5.73 Å². The maximum absolute atomic E-state index is 11.3. The third kappa shape index (κ3) is 3.56. The molecule has 0 spiro atoms. The zero-order chi connectivity index (χ0) is 17.2. The molecule has 6 heteroatoms. The lowest BCUT2D eigenvalue weighted by Gasteiger charge is -2.26. The van der Waals surface area contributed by atoms with E-state index in [2.05, 4.69) is 34.1 Å². The monoisotopic (exact) mass is 353 g/mol. The lowest BCUT2D eigenvalue weighted by molar-refractivity contribution is 0.0342. The van der Waals surface area contributed by atoms with Gasteiger partial charge in [0, 0.05) is 30.8 Å². The number of nitrogens with two attached hydrogens (primary N) is 1. The van der Waals surface area contributed by atoms with Crippen molar-refractivity contribution < 1.29 is 9.53 Å². The van der Waals surface area contributed by atoms with Crippen molar-refractivity contribution in [2.75, 3.05) is 26.3 Å². The normalized spacial score (nSPS) is 15.5. The van der Waals surface area contributed by atoms with Gasteiger partial charge in [-0.15, -0.1) is 11.3 Å². The van der Waals surface area contributed by atoms with E-state index < -0.39 is 5.91 Å². The van der Waals surface area contributed by atoms with Crippen molar-refractivity contribution in [3.8, 4) is 10.6 Å². The molecule has 0 atom stereocenters. The number of thiazole rings is 1. The maximum Gasteiger partial charge on any atom is 0.248 e. The van der Waals surface area contributed by atoms with E-state index in [1.54, 1.807) is 23.5 Å². The van der Waals surface area contributed by atoms with Crippen molar-refractivity contribution in [2.45, 2.75) is 6.54 Å². The molecule has 0 bridgehead atoms. The van der Waals surface area contributed by atoms with Crippen LogP contribution >= 0.6 is 11.3 Å². The van der Waals surface area contributed by atoms with Crippen molar-refractivity contribution in [2.24, 2.45) is 5.73 Å². The number of morpholine rings is 1. The number of hydrogen-bond acceptors (Lipinski definition) is 5. The summed E-state index contributed by atoms with van der Waals surface area (Å²) in [5.74, 6) is -0.427. The first kappa shape index (κ1) is 16.2. The van der Waals surface area contributed by atoms with E-state index in [1.165, 1.54) is 5.56 Å². The van der Waals surface area contributed by atoms with Gasteiger partial charge in [0.1, 0.15) is 5.01 Å². The SMILES string of the molecule is NC(=O)c1ccc2sc(-c3ccc(CN4CCOCC4)cc3)nc2c1. The van der Waals surface area contributed by atoms with Gasteiger partial charge in [0.2, 0.25) is 5.91 Å². The molecule has 2 heterocycles. The van der Waals surface area contributed by atoms with Gasteiger partial charge >= 0.3 is 0 Å². The van der Waals surface area contributed by atoms with Gasteiger partial charge in [-0.2, -0.15) is 0 Å². The van der Waals surface area contributed by atoms with Crippen molar-refractivity contribution in [3.05, 3.63) is 53.6 Å². The number of primary amides is 1. The van der Waals surface area contributed by atoms with Crippen LogP contribution in [0.1, 0.15) is 15.9 Å². The van der Waals surface area contributed by atoms with E-state index >= 15 is 0 Å². The molecule has 1 fully saturated rings. The molecule has 1 saturated heterocycles. The van der Waals surface area contributed by atoms with E-state index in [-0.39, 0.29) is 0 Å². The summed E-state index contributed by atoms with van der Waals surface area (Å²) in [4.78, 5) is 18.4. The second kappa shape index (κ2) is 6.92. The molecule has 2 N–H and O–H groups in total. The summed E-state index contributed by atoms with van der Waals surface area (Å²) in [6.07, 6.45) is 0. The fourth-order valence-corrected chi connectivity index (χ4v) is 3.93. The highest BCUT2D eigenvalue weighted by molar-refractivity contribution is 7.21. The van der Waals surface area contributed by atoms with Crippen LogP contribution in [0.2, 0.25) is 0 Å². The van der Waals surface area contributed by atoms with Gasteiger partial charge in [-0.05, 0) is 23.8 Å². The highest BCUT2D eigenvalue weighted by atomic mass is 32.1. The predicted molar refractivity (Wildman–Crippen MR) is 99.7 cm³/mol. The Hall–Kier alpha value is -2.28. The van der Waals surface area contributed by atoms with Crippen LogP contribution in [0.15, 0.2) is 42.5 Å². The molecular formula is C19H19N3O2S. The molecule has 0 unspecified atom stereocenters. The van der Waals surface area contributed by atoms with E-state index in [4.69, 9.17) is 10.5 Å². The van der Waals surface area contributed by atoms with Crippen LogP contribution in [0.25, 0.3) is 20.8 Å². The Kier molecular flexibility index (Phi) is 4.48. The summed E-state index contributed by atoms with van der Waals surface area (Å²) < 4.78 is 6.44. The van der Waals surface area contributed by atoms with Crippen LogP contribution in [0.3, 0.4) is 0 Å². The number of nitrogens with zero attached hydrogens (tertiary/aromatic N) is 2. The average molecular weight is 353 g/mol. The molecule has 1 aromatic heterocycles. The third-order valence-corrected chi connectivity index (χ3v) is 5.47. The molecule has 0 saturated carbocycles. The summed E-state index contributed by atoms with van der Waals surface area (Å²) in [5.41, 5.74) is 9.03. The fraction of sp³-hybridized carbons (Fsp3) is 0.263. The minimum Gasteiger partial charge on any atom is -0.379 e. The Labute approximate surface area is 150 Å². The van der Waals surface area contributed by atoms with E-state index in [0.717, 1.165) is 53.6 Å². The molecule has 0 aliphatic carbocycles. The Morgan fingerprint density at radius 2 is 1.92 bits per heavy atom. The Morgan fingerprint density at radius 1 is 1.16 bits per heavy atom. The quantitative estimate of drug-likeness (QED) is 0.783. The Bertz CT molecular complexity index is 899. The minimum absolute atomic E-state index is 0.427. The number of carbonyl (C=O) groups is 1. The molecule has 0 radical (unpaired) electrons. The van der Waals surface area contributed by atoms with Gasteiger partial charge in [0.25, 0.3) is 0 Å². The van der Waals surface area contributed by atoms with Crippen LogP contribution in [-0.4, -0.2) is 42.1 Å². The minimum atomic E-state index is -0.427. The smallest absolute Gasteiger partial charge is 0.248 e. The summed E-state index contributed by atoms with van der Waals surface area (Å²) in [6, 6.07) is 14.0. The molecule has 3 aromatic rings. The molecule has 1 aliphatic heterocycles. The summed E-state index contributed by atoms with van der Waals surface area (Å²) in [5, 5.41) is 0.953. The number of aromatic nitrogens is 1. The lowest BCUT2D eigenvalue weighted by Crippen LogP contribution is -2.35. The van der Waals surface area contributed by atoms with Gasteiger partial charge in [0.05, 0.1) is 23.4 Å². The summed E-state index contributed by atoms with van der Waals surface area (Å²) >= 11 is 1.62. The molecule has 5 nitrogen and oxygen atoms in total. The number of ether oxygens (including phenoxy) is 1. The van der Waals surface area contributed by atoms with Crippen molar-refractivity contribution in [1.82, 2.24) is 9.88 Å². The second-order valence-electron chi connectivity index (χ2n) is 6.15. The molecule has 128 valence electrons. The standard InChI is InChI=1S/C19H19N3O2S/c20-18(23)15-5-6-17-16(11-15)21-19(25-17)14-3-1-13(2-4-14)12-22-7-9-24-10-8-22/h1-6,11H,7-10,12H2,(H2,20,23). The highest BCUT2D eigenvalue weighted by Gasteiger charge is 2.12. The van der Waals surface area contributed by atoms with E-state index in [9.17, 15) is 4.79 Å². The zero-order valence-electron chi connectivity index (χ0n) is 13.8. The highest BCUT2D eigenvalue weighted by Crippen LogP contribution is 2.30. The number of amides is 1. The predicted octanol–water partition coefficient (Wildman–Crippen LogP) is 2.89. The molecular weight excluding hydrogens is 334 g/mol. The molecule has 4 rings (SSSR count). The summed E-state index contributed by atoms with van der Waals surface area (Å²) in [6.45, 7) is 4.56. The average Bonchev–Trinajstić information content (AvgIpc) is 3.06. The molecule has 1 aliphatic rings. The van der Waals surface area contributed by atoms with E-state index in [1.807, 2.05) is 6.07 Å². The van der Waals surface area contributed by atoms with Crippen LogP contribution in [0, 0.1) is 0 Å². The largest absolute Gasteiger partial charge is 0.379 e. The number of rotatable bonds is 4. The first-order valence-electron chi connectivity index (χ1n) is 8.29. The first-order chi connectivity index (χ1) is 12.2. The lowest BCUT2D eigenvalue weighted by atomic mass is 10.1. The van der Waals surface area contributed by atoms with Gasteiger partial charge in [-0.3, -0.25) is 9.69 Å². The molecule has 1 amide bonds. The van der Waals surface area contributed by atoms with Gasteiger partial charge in [-0.1, -0.05) is 24.3 Å². The Balaban J connectivity index is 1.55. The number of benzene rings is 2. The van der Waals surface area contributed by atoms with Crippen molar-refractivity contribution >= 4 is 27.5 Å². The van der Waals surface area contributed by atoms with Crippen LogP contribution in [0.5, 0.6) is 0 Å². The Morgan fingerprint density at radius 3 is 2.64 bits per heavy atom. The first-order valence-corrected chi connectivity index (χ1v) is 9.10. The second-order valence-corrected chi connectivity index (χ2v) is 7.18. The van der Waals surface area contributed by atoms with Crippen molar-refractivity contribution in [3.63, 3.8) is 0 Å². The van der Waals surface area contributed by atoms with E-state index in [0.29, 0.717) is 5.56 Å². The van der Waals surface area contributed by atoms with Gasteiger partial charge < -0.3 is 10.5 Å². The topological polar surface area (TPSA) is 68.5 Å². The molecule has 2 aromatic carbocycles. The molecule has 25 heavy (non-hydrogen) atoms. The van der Waals surface area contributed by atoms with Gasteiger partial charge in [-0.25, -0.2) is 4.98 Å². The third-order valence-electron chi connectivity index (χ3n) is 4.38.